The van der Waals surface area contributed by atoms with Crippen molar-refractivity contribution in [1.82, 2.24) is 0 Å². The lowest BCUT2D eigenvalue weighted by atomic mass is 9.80. The molecule has 0 aliphatic carbocycles. The monoisotopic (exact) mass is 262 g/mol. The Morgan fingerprint density at radius 2 is 1.89 bits per heavy atom. The largest absolute Gasteiger partial charge is 0.507 e. The minimum Gasteiger partial charge on any atom is -0.507 e. The third kappa shape index (κ3) is 3.85. The quantitative estimate of drug-likeness (QED) is 0.799. The van der Waals surface area contributed by atoms with Crippen molar-refractivity contribution in [2.75, 3.05) is 0 Å². The molecule has 0 aromatic heterocycles. The van der Waals surface area contributed by atoms with Gasteiger partial charge in [0.15, 0.2) is 0 Å². The molecule has 1 aromatic carbocycles. The van der Waals surface area contributed by atoms with Crippen LogP contribution >= 0.6 is 0 Å². The Hall–Kier alpha value is -1.77. The Balaban J connectivity index is 3.25. The molecule has 0 amide bonds. The standard InChI is InChI=1S/C16H22O3/c1-5-6-11-7-8-12(9-10-13(17)18)15(19)14(11)16(2,3)4/h5,7-8,19H,1,6,9-10H2,2-4H3,(H,17,18). The zero-order valence-corrected chi connectivity index (χ0v) is 11.9. The summed E-state index contributed by atoms with van der Waals surface area (Å²) in [5.74, 6) is -0.625. The van der Waals surface area contributed by atoms with E-state index in [9.17, 15) is 9.90 Å². The summed E-state index contributed by atoms with van der Waals surface area (Å²) < 4.78 is 0. The van der Waals surface area contributed by atoms with Crippen LogP contribution in [0.3, 0.4) is 0 Å². The molecule has 0 saturated heterocycles. The number of benzene rings is 1. The number of aliphatic carboxylic acids is 1. The molecule has 0 radical (unpaired) electrons. The first kappa shape index (κ1) is 15.3. The predicted octanol–water partition coefficient (Wildman–Crippen LogP) is 3.44. The van der Waals surface area contributed by atoms with Crippen molar-refractivity contribution in [2.24, 2.45) is 0 Å². The molecule has 19 heavy (non-hydrogen) atoms. The summed E-state index contributed by atoms with van der Waals surface area (Å²) in [4.78, 5) is 10.6. The van der Waals surface area contributed by atoms with Gasteiger partial charge in [-0.2, -0.15) is 0 Å². The number of carbonyl (C=O) groups is 1. The number of hydrogen-bond donors (Lipinski definition) is 2. The number of aryl methyl sites for hydroxylation is 1. The predicted molar refractivity (Wildman–Crippen MR) is 76.7 cm³/mol. The van der Waals surface area contributed by atoms with E-state index in [0.29, 0.717) is 18.4 Å². The highest BCUT2D eigenvalue weighted by molar-refractivity contribution is 5.67. The number of phenols is 1. The van der Waals surface area contributed by atoms with Crippen LogP contribution in [0, 0.1) is 0 Å². The maximum atomic E-state index is 10.6. The van der Waals surface area contributed by atoms with E-state index < -0.39 is 5.97 Å². The van der Waals surface area contributed by atoms with Gasteiger partial charge in [0.05, 0.1) is 0 Å². The van der Waals surface area contributed by atoms with E-state index in [1.807, 2.05) is 32.9 Å². The van der Waals surface area contributed by atoms with Crippen LogP contribution in [0.5, 0.6) is 5.75 Å². The van der Waals surface area contributed by atoms with E-state index in [2.05, 4.69) is 6.58 Å². The average molecular weight is 262 g/mol. The molecule has 104 valence electrons. The van der Waals surface area contributed by atoms with Crippen molar-refractivity contribution < 1.29 is 15.0 Å². The molecule has 0 fully saturated rings. The lowest BCUT2D eigenvalue weighted by molar-refractivity contribution is -0.136. The molecule has 0 bridgehead atoms. The van der Waals surface area contributed by atoms with E-state index in [1.165, 1.54) is 0 Å². The second-order valence-corrected chi connectivity index (χ2v) is 5.74. The first-order valence-electron chi connectivity index (χ1n) is 6.44. The van der Waals surface area contributed by atoms with Gasteiger partial charge in [0.1, 0.15) is 5.75 Å². The highest BCUT2D eigenvalue weighted by atomic mass is 16.4. The van der Waals surface area contributed by atoms with Crippen molar-refractivity contribution in [3.05, 3.63) is 41.5 Å². The summed E-state index contributed by atoms with van der Waals surface area (Å²) in [6.45, 7) is 9.84. The summed E-state index contributed by atoms with van der Waals surface area (Å²) in [6.07, 6.45) is 2.87. The normalized spacial score (nSPS) is 11.3. The van der Waals surface area contributed by atoms with Crippen LogP contribution in [0.1, 0.15) is 43.9 Å². The van der Waals surface area contributed by atoms with E-state index in [-0.39, 0.29) is 17.6 Å². The molecule has 0 heterocycles. The van der Waals surface area contributed by atoms with Gasteiger partial charge in [-0.15, -0.1) is 6.58 Å². The molecule has 0 atom stereocenters. The number of allylic oxidation sites excluding steroid dienone is 1. The fourth-order valence-electron chi connectivity index (χ4n) is 2.28. The third-order valence-corrected chi connectivity index (χ3v) is 3.07. The fraction of sp³-hybridized carbons (Fsp3) is 0.438. The maximum absolute atomic E-state index is 10.6. The Kier molecular flexibility index (Phi) is 4.76. The minimum atomic E-state index is -0.855. The van der Waals surface area contributed by atoms with Crippen molar-refractivity contribution in [2.45, 2.75) is 45.4 Å². The summed E-state index contributed by atoms with van der Waals surface area (Å²) in [6, 6.07) is 3.77. The van der Waals surface area contributed by atoms with Crippen LogP contribution in [0.4, 0.5) is 0 Å². The number of carboxylic acid groups (broad SMARTS) is 1. The molecule has 3 heteroatoms. The molecular weight excluding hydrogens is 240 g/mol. The Labute approximate surface area is 114 Å². The second-order valence-electron chi connectivity index (χ2n) is 5.74. The van der Waals surface area contributed by atoms with Crippen molar-refractivity contribution in [1.29, 1.82) is 0 Å². The summed E-state index contributed by atoms with van der Waals surface area (Å²) in [5.41, 5.74) is 2.43. The average Bonchev–Trinajstić information content (AvgIpc) is 2.26. The number of carboxylic acids is 1. The van der Waals surface area contributed by atoms with E-state index in [4.69, 9.17) is 5.11 Å². The first-order chi connectivity index (χ1) is 8.77. The van der Waals surface area contributed by atoms with Crippen molar-refractivity contribution in [3.63, 3.8) is 0 Å². The zero-order chi connectivity index (χ0) is 14.6. The molecule has 1 aromatic rings. The number of aromatic hydroxyl groups is 1. The van der Waals surface area contributed by atoms with Gasteiger partial charge < -0.3 is 10.2 Å². The Bertz CT molecular complexity index is 482. The van der Waals surface area contributed by atoms with Gasteiger partial charge in [-0.3, -0.25) is 4.79 Å². The molecule has 0 saturated carbocycles. The second kappa shape index (κ2) is 5.91. The van der Waals surface area contributed by atoms with Gasteiger partial charge in [-0.25, -0.2) is 0 Å². The smallest absolute Gasteiger partial charge is 0.303 e. The molecule has 0 spiro atoms. The van der Waals surface area contributed by atoms with E-state index in [1.54, 1.807) is 6.08 Å². The maximum Gasteiger partial charge on any atom is 0.303 e. The van der Waals surface area contributed by atoms with Crippen LogP contribution in [0.25, 0.3) is 0 Å². The lowest BCUT2D eigenvalue weighted by Crippen LogP contribution is -2.15. The van der Waals surface area contributed by atoms with E-state index in [0.717, 1.165) is 11.1 Å². The number of hydrogen-bond acceptors (Lipinski definition) is 2. The van der Waals surface area contributed by atoms with Crippen LogP contribution in [-0.4, -0.2) is 16.2 Å². The number of phenolic OH excluding ortho intramolecular Hbond substituents is 1. The van der Waals surface area contributed by atoms with Crippen LogP contribution in [-0.2, 0) is 23.1 Å². The Morgan fingerprint density at radius 1 is 1.32 bits per heavy atom. The van der Waals surface area contributed by atoms with Crippen LogP contribution < -0.4 is 0 Å². The van der Waals surface area contributed by atoms with Gasteiger partial charge >= 0.3 is 5.97 Å². The fourth-order valence-corrected chi connectivity index (χ4v) is 2.28. The van der Waals surface area contributed by atoms with Crippen molar-refractivity contribution in [3.8, 4) is 5.75 Å². The lowest BCUT2D eigenvalue weighted by Gasteiger charge is -2.25. The highest BCUT2D eigenvalue weighted by Gasteiger charge is 2.23. The van der Waals surface area contributed by atoms with Crippen LogP contribution in [0.2, 0.25) is 0 Å². The Morgan fingerprint density at radius 3 is 2.37 bits per heavy atom. The van der Waals surface area contributed by atoms with Crippen molar-refractivity contribution >= 4 is 5.97 Å². The third-order valence-electron chi connectivity index (χ3n) is 3.07. The minimum absolute atomic E-state index is 0.0257. The molecule has 3 nitrogen and oxygen atoms in total. The summed E-state index contributed by atoms with van der Waals surface area (Å²) >= 11 is 0. The SMILES string of the molecule is C=CCc1ccc(CCC(=O)O)c(O)c1C(C)(C)C. The summed E-state index contributed by atoms with van der Waals surface area (Å²) in [5, 5.41) is 19.2. The van der Waals surface area contributed by atoms with Gasteiger partial charge in [0, 0.05) is 12.0 Å². The van der Waals surface area contributed by atoms with Gasteiger partial charge in [-0.05, 0) is 29.4 Å². The molecule has 2 N–H and O–H groups in total. The molecule has 0 unspecified atom stereocenters. The summed E-state index contributed by atoms with van der Waals surface area (Å²) in [7, 11) is 0. The molecular formula is C16H22O3. The van der Waals surface area contributed by atoms with Crippen LogP contribution in [0.15, 0.2) is 24.8 Å². The molecule has 0 aliphatic rings. The molecule has 0 aliphatic heterocycles. The van der Waals surface area contributed by atoms with Gasteiger partial charge in [0.2, 0.25) is 0 Å². The van der Waals surface area contributed by atoms with Gasteiger partial charge in [-0.1, -0.05) is 39.0 Å². The van der Waals surface area contributed by atoms with E-state index >= 15 is 0 Å². The molecule has 1 rings (SSSR count). The zero-order valence-electron chi connectivity index (χ0n) is 11.9. The highest BCUT2D eigenvalue weighted by Crippen LogP contribution is 2.37. The first-order valence-corrected chi connectivity index (χ1v) is 6.44. The van der Waals surface area contributed by atoms with Gasteiger partial charge in [0.25, 0.3) is 0 Å². The number of rotatable bonds is 5. The topological polar surface area (TPSA) is 57.5 Å².